The van der Waals surface area contributed by atoms with Gasteiger partial charge < -0.3 is 36.2 Å². The summed E-state index contributed by atoms with van der Waals surface area (Å²) >= 11 is 0. The molecule has 20 heavy (non-hydrogen) atoms. The van der Waals surface area contributed by atoms with E-state index in [9.17, 15) is 20.4 Å². The van der Waals surface area contributed by atoms with E-state index in [-0.39, 0.29) is 31.3 Å². The van der Waals surface area contributed by atoms with Crippen LogP contribution >= 0.6 is 0 Å². The highest BCUT2D eigenvalue weighted by molar-refractivity contribution is 5.61. The standard InChI is InChI=1S/C13H22N2O5/c1-20-8-13(6-16,7-17)15-10-5-12(19)11(18)4-9(10)2-3-14/h4-5,15-19H,2-3,6-8,14H2,1H3. The van der Waals surface area contributed by atoms with Crippen molar-refractivity contribution in [3.05, 3.63) is 17.7 Å². The third-order valence-corrected chi connectivity index (χ3v) is 3.04. The lowest BCUT2D eigenvalue weighted by Crippen LogP contribution is -2.50. The summed E-state index contributed by atoms with van der Waals surface area (Å²) in [6.45, 7) is -0.291. The molecule has 0 aliphatic rings. The molecule has 1 aromatic carbocycles. The maximum Gasteiger partial charge on any atom is 0.159 e. The van der Waals surface area contributed by atoms with Crippen LogP contribution < -0.4 is 11.1 Å². The number of methoxy groups -OCH3 is 1. The number of benzene rings is 1. The Hall–Kier alpha value is -1.54. The molecular formula is C13H22N2O5. The highest BCUT2D eigenvalue weighted by Crippen LogP contribution is 2.33. The van der Waals surface area contributed by atoms with Crippen LogP contribution in [0, 0.1) is 0 Å². The van der Waals surface area contributed by atoms with Gasteiger partial charge in [0.05, 0.1) is 19.8 Å². The second-order valence-corrected chi connectivity index (χ2v) is 4.69. The summed E-state index contributed by atoms with van der Waals surface area (Å²) in [6, 6.07) is 2.73. The van der Waals surface area contributed by atoms with E-state index >= 15 is 0 Å². The maximum atomic E-state index is 9.59. The number of anilines is 1. The van der Waals surface area contributed by atoms with Crippen LogP contribution in [0.3, 0.4) is 0 Å². The van der Waals surface area contributed by atoms with E-state index in [0.29, 0.717) is 24.2 Å². The number of nitrogens with two attached hydrogens (primary N) is 1. The SMILES string of the molecule is COCC(CO)(CO)Nc1cc(O)c(O)cc1CCN. The van der Waals surface area contributed by atoms with Crippen LogP contribution in [0.25, 0.3) is 0 Å². The molecule has 0 unspecified atom stereocenters. The van der Waals surface area contributed by atoms with Crippen molar-refractivity contribution in [2.45, 2.75) is 12.0 Å². The maximum absolute atomic E-state index is 9.59. The number of hydrogen-bond acceptors (Lipinski definition) is 7. The number of phenols is 2. The van der Waals surface area contributed by atoms with Crippen molar-refractivity contribution in [3.8, 4) is 11.5 Å². The molecule has 1 aromatic rings. The lowest BCUT2D eigenvalue weighted by atomic mass is 10.0. The summed E-state index contributed by atoms with van der Waals surface area (Å²) in [4.78, 5) is 0. The Morgan fingerprint density at radius 2 is 1.80 bits per heavy atom. The molecule has 0 fully saturated rings. The molecule has 0 saturated heterocycles. The van der Waals surface area contributed by atoms with Crippen LogP contribution in [0.4, 0.5) is 5.69 Å². The van der Waals surface area contributed by atoms with Crippen molar-refractivity contribution in [1.29, 1.82) is 0 Å². The second-order valence-electron chi connectivity index (χ2n) is 4.69. The highest BCUT2D eigenvalue weighted by atomic mass is 16.5. The summed E-state index contributed by atoms with van der Waals surface area (Å²) in [6.07, 6.45) is 0.468. The molecule has 0 heterocycles. The number of hydrogen-bond donors (Lipinski definition) is 6. The Bertz CT molecular complexity index is 435. The van der Waals surface area contributed by atoms with Crippen molar-refractivity contribution in [2.75, 3.05) is 38.8 Å². The van der Waals surface area contributed by atoms with Crippen molar-refractivity contribution >= 4 is 5.69 Å². The van der Waals surface area contributed by atoms with E-state index in [1.807, 2.05) is 0 Å². The van der Waals surface area contributed by atoms with E-state index in [1.54, 1.807) is 0 Å². The summed E-state index contributed by atoms with van der Waals surface area (Å²) in [5.41, 5.74) is 5.58. The molecule has 1 rings (SSSR count). The number of rotatable bonds is 8. The second kappa shape index (κ2) is 7.30. The average molecular weight is 286 g/mol. The van der Waals surface area contributed by atoms with Crippen molar-refractivity contribution in [1.82, 2.24) is 0 Å². The van der Waals surface area contributed by atoms with Gasteiger partial charge in [-0.3, -0.25) is 0 Å². The minimum atomic E-state index is -1.08. The van der Waals surface area contributed by atoms with Gasteiger partial charge in [0, 0.05) is 18.9 Å². The van der Waals surface area contributed by atoms with Gasteiger partial charge in [0.1, 0.15) is 5.54 Å². The van der Waals surface area contributed by atoms with E-state index in [2.05, 4.69) is 5.32 Å². The fourth-order valence-corrected chi connectivity index (χ4v) is 1.92. The fraction of sp³-hybridized carbons (Fsp3) is 0.538. The fourth-order valence-electron chi connectivity index (χ4n) is 1.92. The molecule has 7 nitrogen and oxygen atoms in total. The smallest absolute Gasteiger partial charge is 0.159 e. The van der Waals surface area contributed by atoms with Gasteiger partial charge in [-0.1, -0.05) is 0 Å². The van der Waals surface area contributed by atoms with Crippen LogP contribution in [-0.4, -0.2) is 59.4 Å². The number of aliphatic hydroxyl groups is 2. The normalized spacial score (nSPS) is 11.6. The lowest BCUT2D eigenvalue weighted by molar-refractivity contribution is 0.0594. The number of aromatic hydroxyl groups is 2. The number of ether oxygens (including phenoxy) is 1. The number of nitrogens with one attached hydrogen (secondary N) is 1. The number of aliphatic hydroxyl groups excluding tert-OH is 2. The molecule has 0 radical (unpaired) electrons. The Balaban J connectivity index is 3.13. The predicted molar refractivity (Wildman–Crippen MR) is 74.9 cm³/mol. The molecule has 0 spiro atoms. The van der Waals surface area contributed by atoms with Crippen LogP contribution in [-0.2, 0) is 11.2 Å². The molecule has 0 bridgehead atoms. The van der Waals surface area contributed by atoms with Crippen molar-refractivity contribution < 1.29 is 25.2 Å². The Kier molecular flexibility index (Phi) is 6.03. The third-order valence-electron chi connectivity index (χ3n) is 3.04. The lowest BCUT2D eigenvalue weighted by Gasteiger charge is -2.32. The quantitative estimate of drug-likeness (QED) is 0.277. The van der Waals surface area contributed by atoms with Crippen molar-refractivity contribution in [3.63, 3.8) is 0 Å². The van der Waals surface area contributed by atoms with E-state index in [0.717, 1.165) is 0 Å². The molecule has 7 N–H and O–H groups in total. The molecule has 0 amide bonds. The van der Waals surface area contributed by atoms with Gasteiger partial charge in [-0.05, 0) is 24.6 Å². The van der Waals surface area contributed by atoms with Gasteiger partial charge in [-0.25, -0.2) is 0 Å². The molecule has 0 aliphatic carbocycles. The minimum absolute atomic E-state index is 0.0731. The first kappa shape index (κ1) is 16.5. The Labute approximate surface area is 117 Å². The summed E-state index contributed by atoms with van der Waals surface area (Å²) in [7, 11) is 1.46. The molecule has 114 valence electrons. The highest BCUT2D eigenvalue weighted by Gasteiger charge is 2.29. The monoisotopic (exact) mass is 286 g/mol. The first-order valence-corrected chi connectivity index (χ1v) is 6.25. The van der Waals surface area contributed by atoms with Gasteiger partial charge in [0.2, 0.25) is 0 Å². The first-order valence-electron chi connectivity index (χ1n) is 6.25. The van der Waals surface area contributed by atoms with E-state index in [1.165, 1.54) is 19.2 Å². The van der Waals surface area contributed by atoms with Gasteiger partial charge >= 0.3 is 0 Å². The Morgan fingerprint density at radius 3 is 2.30 bits per heavy atom. The summed E-state index contributed by atoms with van der Waals surface area (Å²) in [5, 5.41) is 41.0. The molecule has 0 saturated carbocycles. The minimum Gasteiger partial charge on any atom is -0.504 e. The van der Waals surface area contributed by atoms with E-state index < -0.39 is 5.54 Å². The topological polar surface area (TPSA) is 128 Å². The van der Waals surface area contributed by atoms with Gasteiger partial charge in [0.25, 0.3) is 0 Å². The molecule has 0 atom stereocenters. The zero-order chi connectivity index (χ0) is 15.2. The van der Waals surface area contributed by atoms with E-state index in [4.69, 9.17) is 10.5 Å². The number of phenolic OH excluding ortho intramolecular Hbond substituents is 2. The van der Waals surface area contributed by atoms with Crippen molar-refractivity contribution in [2.24, 2.45) is 5.73 Å². The Morgan fingerprint density at radius 1 is 1.20 bits per heavy atom. The molecular weight excluding hydrogens is 264 g/mol. The molecule has 7 heteroatoms. The largest absolute Gasteiger partial charge is 0.504 e. The van der Waals surface area contributed by atoms with Gasteiger partial charge in [0.15, 0.2) is 11.5 Å². The van der Waals surface area contributed by atoms with Crippen LogP contribution in [0.2, 0.25) is 0 Å². The summed E-state index contributed by atoms with van der Waals surface area (Å²) < 4.78 is 5.00. The third kappa shape index (κ3) is 3.73. The molecule has 0 aromatic heterocycles. The van der Waals surface area contributed by atoms with Crippen LogP contribution in [0.15, 0.2) is 12.1 Å². The zero-order valence-electron chi connectivity index (χ0n) is 11.5. The van der Waals surface area contributed by atoms with Crippen LogP contribution in [0.1, 0.15) is 5.56 Å². The summed E-state index contributed by atoms with van der Waals surface area (Å²) in [5.74, 6) is -0.542. The van der Waals surface area contributed by atoms with Gasteiger partial charge in [-0.2, -0.15) is 0 Å². The van der Waals surface area contributed by atoms with Crippen LogP contribution in [0.5, 0.6) is 11.5 Å². The first-order chi connectivity index (χ1) is 9.51. The molecule has 0 aliphatic heterocycles. The average Bonchev–Trinajstić information content (AvgIpc) is 2.44. The van der Waals surface area contributed by atoms with Gasteiger partial charge in [-0.15, -0.1) is 0 Å². The zero-order valence-corrected chi connectivity index (χ0v) is 11.5. The predicted octanol–water partition coefficient (Wildman–Crippen LogP) is -0.619.